The first-order valence-electron chi connectivity index (χ1n) is 7.95. The topological polar surface area (TPSA) is 40.2 Å². The Kier molecular flexibility index (Phi) is 6.81. The number of aryl methyl sites for hydroxylation is 1. The number of thiocarbonyl (C=S) groups is 1. The van der Waals surface area contributed by atoms with E-state index in [-0.39, 0.29) is 0 Å². The number of anilines is 2. The van der Waals surface area contributed by atoms with Crippen molar-refractivity contribution in [1.82, 2.24) is 10.3 Å². The van der Waals surface area contributed by atoms with Crippen molar-refractivity contribution < 1.29 is 0 Å². The van der Waals surface area contributed by atoms with Gasteiger partial charge < -0.3 is 15.5 Å². The van der Waals surface area contributed by atoms with Crippen LogP contribution in [0.15, 0.2) is 48.8 Å². The lowest BCUT2D eigenvalue weighted by atomic mass is 10.2. The fourth-order valence-corrected chi connectivity index (χ4v) is 2.53. The molecule has 122 valence electrons. The third-order valence-electron chi connectivity index (χ3n) is 3.61. The van der Waals surface area contributed by atoms with Crippen LogP contribution in [0.4, 0.5) is 11.4 Å². The molecule has 5 heteroatoms. The van der Waals surface area contributed by atoms with Gasteiger partial charge in [-0.1, -0.05) is 17.7 Å². The third-order valence-corrected chi connectivity index (χ3v) is 3.86. The van der Waals surface area contributed by atoms with E-state index in [0.717, 1.165) is 31.7 Å². The molecule has 0 atom stereocenters. The van der Waals surface area contributed by atoms with E-state index in [1.54, 1.807) is 12.4 Å². The Labute approximate surface area is 143 Å². The normalized spacial score (nSPS) is 10.2. The number of aromatic nitrogens is 1. The monoisotopic (exact) mass is 328 g/mol. The standard InChI is InChI=1S/C18H24N4S/c1-3-22(17-7-5-15(2)6-8-17)14-4-11-20-18(23)21-16-9-12-19-13-10-16/h5-10,12-13H,3-4,11,14H2,1-2H3,(H2,19,20,21,23). The van der Waals surface area contributed by atoms with Crippen LogP contribution in [0.1, 0.15) is 18.9 Å². The van der Waals surface area contributed by atoms with Crippen molar-refractivity contribution in [2.75, 3.05) is 29.9 Å². The first kappa shape index (κ1) is 17.2. The lowest BCUT2D eigenvalue weighted by Crippen LogP contribution is -2.32. The lowest BCUT2D eigenvalue weighted by Gasteiger charge is -2.23. The second-order valence-electron chi connectivity index (χ2n) is 5.39. The molecule has 0 aliphatic rings. The predicted octanol–water partition coefficient (Wildman–Crippen LogP) is 3.59. The Hall–Kier alpha value is -2.14. The zero-order valence-electron chi connectivity index (χ0n) is 13.7. The maximum atomic E-state index is 5.30. The van der Waals surface area contributed by atoms with Crippen LogP contribution in [0, 0.1) is 6.92 Å². The molecule has 0 bridgehead atoms. The molecule has 0 fully saturated rings. The molecule has 0 unspecified atom stereocenters. The Morgan fingerprint density at radius 3 is 2.48 bits per heavy atom. The molecule has 0 spiro atoms. The van der Waals surface area contributed by atoms with Crippen LogP contribution in [0.25, 0.3) is 0 Å². The minimum absolute atomic E-state index is 0.648. The predicted molar refractivity (Wildman–Crippen MR) is 102 cm³/mol. The summed E-state index contributed by atoms with van der Waals surface area (Å²) >= 11 is 5.30. The second kappa shape index (κ2) is 9.10. The number of rotatable bonds is 7. The van der Waals surface area contributed by atoms with E-state index in [1.165, 1.54) is 11.3 Å². The summed E-state index contributed by atoms with van der Waals surface area (Å²) in [4.78, 5) is 6.36. The molecular weight excluding hydrogens is 304 g/mol. The highest BCUT2D eigenvalue weighted by atomic mass is 32.1. The van der Waals surface area contributed by atoms with Gasteiger partial charge in [0.05, 0.1) is 0 Å². The average Bonchev–Trinajstić information content (AvgIpc) is 2.57. The van der Waals surface area contributed by atoms with Crippen molar-refractivity contribution in [3.8, 4) is 0 Å². The summed E-state index contributed by atoms with van der Waals surface area (Å²) in [6.07, 6.45) is 4.51. The van der Waals surface area contributed by atoms with Crippen molar-refractivity contribution in [2.45, 2.75) is 20.3 Å². The molecular formula is C18H24N4S. The van der Waals surface area contributed by atoms with Gasteiger partial charge in [0.25, 0.3) is 0 Å². The summed E-state index contributed by atoms with van der Waals surface area (Å²) < 4.78 is 0. The van der Waals surface area contributed by atoms with Gasteiger partial charge in [0.15, 0.2) is 5.11 Å². The highest BCUT2D eigenvalue weighted by Gasteiger charge is 2.04. The molecule has 1 aromatic carbocycles. The number of benzene rings is 1. The van der Waals surface area contributed by atoms with E-state index in [4.69, 9.17) is 12.2 Å². The van der Waals surface area contributed by atoms with E-state index in [2.05, 4.69) is 58.6 Å². The van der Waals surface area contributed by atoms with Gasteiger partial charge in [0, 0.05) is 43.4 Å². The summed E-state index contributed by atoms with van der Waals surface area (Å²) in [6.45, 7) is 7.15. The number of nitrogens with zero attached hydrogens (tertiary/aromatic N) is 2. The highest BCUT2D eigenvalue weighted by Crippen LogP contribution is 2.14. The van der Waals surface area contributed by atoms with E-state index < -0.39 is 0 Å². The zero-order valence-corrected chi connectivity index (χ0v) is 14.6. The summed E-state index contributed by atoms with van der Waals surface area (Å²) in [5, 5.41) is 7.04. The molecule has 0 aliphatic carbocycles. The van der Waals surface area contributed by atoms with Gasteiger partial charge in [-0.2, -0.15) is 0 Å². The van der Waals surface area contributed by atoms with Crippen molar-refractivity contribution in [1.29, 1.82) is 0 Å². The minimum Gasteiger partial charge on any atom is -0.372 e. The maximum absolute atomic E-state index is 5.30. The van der Waals surface area contributed by atoms with Gasteiger partial charge in [0.2, 0.25) is 0 Å². The summed E-state index contributed by atoms with van der Waals surface area (Å²) in [7, 11) is 0. The summed E-state index contributed by atoms with van der Waals surface area (Å²) in [5.41, 5.74) is 3.52. The van der Waals surface area contributed by atoms with Crippen LogP contribution < -0.4 is 15.5 Å². The number of hydrogen-bond acceptors (Lipinski definition) is 3. The van der Waals surface area contributed by atoms with Crippen LogP contribution in [0.5, 0.6) is 0 Å². The van der Waals surface area contributed by atoms with Gasteiger partial charge in [-0.05, 0) is 56.8 Å². The Bertz CT molecular complexity index is 598. The number of nitrogens with one attached hydrogen (secondary N) is 2. The van der Waals surface area contributed by atoms with Crippen molar-refractivity contribution in [3.05, 3.63) is 54.4 Å². The lowest BCUT2D eigenvalue weighted by molar-refractivity contribution is 0.726. The van der Waals surface area contributed by atoms with E-state index >= 15 is 0 Å². The third kappa shape index (κ3) is 5.87. The Morgan fingerprint density at radius 2 is 1.83 bits per heavy atom. The second-order valence-corrected chi connectivity index (χ2v) is 5.79. The summed E-state index contributed by atoms with van der Waals surface area (Å²) in [5.74, 6) is 0. The quantitative estimate of drug-likeness (QED) is 0.600. The van der Waals surface area contributed by atoms with Gasteiger partial charge in [-0.15, -0.1) is 0 Å². The number of hydrogen-bond donors (Lipinski definition) is 2. The SMILES string of the molecule is CCN(CCCNC(=S)Nc1ccncc1)c1ccc(C)cc1. The van der Waals surface area contributed by atoms with Gasteiger partial charge >= 0.3 is 0 Å². The van der Waals surface area contributed by atoms with Crippen molar-refractivity contribution in [3.63, 3.8) is 0 Å². The van der Waals surface area contributed by atoms with Gasteiger partial charge in [-0.3, -0.25) is 4.98 Å². The maximum Gasteiger partial charge on any atom is 0.170 e. The van der Waals surface area contributed by atoms with Crippen molar-refractivity contribution >= 4 is 28.7 Å². The smallest absolute Gasteiger partial charge is 0.170 e. The summed E-state index contributed by atoms with van der Waals surface area (Å²) in [6, 6.07) is 12.5. The van der Waals surface area contributed by atoms with Crippen LogP contribution in [-0.2, 0) is 0 Å². The average molecular weight is 328 g/mol. The molecule has 0 saturated heterocycles. The molecule has 0 aliphatic heterocycles. The fraction of sp³-hybridized carbons (Fsp3) is 0.333. The van der Waals surface area contributed by atoms with Crippen LogP contribution in [0.3, 0.4) is 0 Å². The molecule has 2 aromatic rings. The van der Waals surface area contributed by atoms with Gasteiger partial charge in [0.1, 0.15) is 0 Å². The first-order valence-corrected chi connectivity index (χ1v) is 8.36. The minimum atomic E-state index is 0.648. The molecule has 2 rings (SSSR count). The molecule has 0 amide bonds. The van der Waals surface area contributed by atoms with Crippen LogP contribution in [-0.4, -0.2) is 29.7 Å². The molecule has 1 aromatic heterocycles. The van der Waals surface area contributed by atoms with E-state index in [9.17, 15) is 0 Å². The number of pyridine rings is 1. The van der Waals surface area contributed by atoms with Crippen molar-refractivity contribution in [2.24, 2.45) is 0 Å². The molecule has 0 saturated carbocycles. The van der Waals surface area contributed by atoms with Gasteiger partial charge in [-0.25, -0.2) is 0 Å². The Morgan fingerprint density at radius 1 is 1.13 bits per heavy atom. The molecule has 1 heterocycles. The first-order chi connectivity index (χ1) is 11.2. The largest absolute Gasteiger partial charge is 0.372 e. The molecule has 0 radical (unpaired) electrons. The molecule has 4 nitrogen and oxygen atoms in total. The van der Waals surface area contributed by atoms with E-state index in [1.807, 2.05) is 12.1 Å². The fourth-order valence-electron chi connectivity index (χ4n) is 2.31. The Balaban J connectivity index is 1.71. The zero-order chi connectivity index (χ0) is 16.5. The van der Waals surface area contributed by atoms with Crippen LogP contribution in [0.2, 0.25) is 0 Å². The van der Waals surface area contributed by atoms with E-state index in [0.29, 0.717) is 5.11 Å². The molecule has 23 heavy (non-hydrogen) atoms. The highest BCUT2D eigenvalue weighted by molar-refractivity contribution is 7.80. The van der Waals surface area contributed by atoms with Crippen LogP contribution >= 0.6 is 12.2 Å². The molecule has 2 N–H and O–H groups in total.